The quantitative estimate of drug-likeness (QED) is 0.278. The van der Waals surface area contributed by atoms with Crippen LogP contribution >= 0.6 is 0 Å². The van der Waals surface area contributed by atoms with Gasteiger partial charge in [0.1, 0.15) is 0 Å². The van der Waals surface area contributed by atoms with Gasteiger partial charge in [-0.25, -0.2) is 0 Å². The molecule has 2 nitrogen and oxygen atoms in total. The van der Waals surface area contributed by atoms with Crippen molar-refractivity contribution in [2.45, 2.75) is 0 Å². The van der Waals surface area contributed by atoms with Gasteiger partial charge < -0.3 is 0 Å². The predicted octanol–water partition coefficient (Wildman–Crippen LogP) is -0.636. The van der Waals surface area contributed by atoms with E-state index in [1.165, 1.54) is 0 Å². The minimum Gasteiger partial charge on any atom is 0 e. The van der Waals surface area contributed by atoms with E-state index in [0.717, 1.165) is 0 Å². The summed E-state index contributed by atoms with van der Waals surface area (Å²) in [6, 6.07) is 0. The maximum absolute atomic E-state index is 6.00. The second kappa shape index (κ2) is 48.0. The third-order valence-corrected chi connectivity index (χ3v) is 0. The summed E-state index contributed by atoms with van der Waals surface area (Å²) in [5, 5.41) is 12.0. The predicted molar refractivity (Wildman–Crippen MR) is 12.4 cm³/mol. The van der Waals surface area contributed by atoms with Crippen LogP contribution in [0.4, 0.5) is 0 Å². The van der Waals surface area contributed by atoms with E-state index < -0.39 is 0 Å². The molecule has 0 spiro atoms. The van der Waals surface area contributed by atoms with E-state index in [-0.39, 0.29) is 52.7 Å². The maximum atomic E-state index is 6.00. The summed E-state index contributed by atoms with van der Waals surface area (Å²) in [6.07, 6.45) is 0. The molecule has 2 N–H and O–H groups in total. The van der Waals surface area contributed by atoms with Crippen LogP contribution in [0.25, 0.3) is 0 Å². The molecule has 5 heteroatoms. The van der Waals surface area contributed by atoms with Gasteiger partial charge in [0, 0.05) is 33.8 Å². The van der Waals surface area contributed by atoms with Crippen molar-refractivity contribution in [1.82, 2.24) is 0 Å². The summed E-state index contributed by atoms with van der Waals surface area (Å²) in [4.78, 5) is 0. The number of hydrogen-bond donors (Lipinski definition) is 2. The normalized spacial score (nSPS) is 1.20. The van der Waals surface area contributed by atoms with Gasteiger partial charge in [-0.1, -0.05) is 0 Å². The fourth-order valence-corrected chi connectivity index (χ4v) is 0. The largest absolute Gasteiger partial charge is 0 e. The van der Waals surface area contributed by atoms with Crippen LogP contribution in [0.5, 0.6) is 0 Å². The standard InChI is InChI=1S/Co.Li.Mn.H2O2.H/c;;;1-2;/h;;;1-2H;. The summed E-state index contributed by atoms with van der Waals surface area (Å²) in [7, 11) is 0. The second-order valence-corrected chi connectivity index (χ2v) is 0. The van der Waals surface area contributed by atoms with E-state index in [4.69, 9.17) is 10.5 Å². The molecule has 0 aliphatic rings. The zero-order valence-corrected chi connectivity index (χ0v) is 3.83. The van der Waals surface area contributed by atoms with Crippen molar-refractivity contribution in [1.29, 1.82) is 0 Å². The fraction of sp³-hybridized carbons (Fsp3) is 0. The molecule has 0 aromatic rings. The molecule has 2 radical (unpaired) electrons. The molecule has 0 bridgehead atoms. The first-order valence-electron chi connectivity index (χ1n) is 0.200. The Kier molecular flexibility index (Phi) is 299. The molecule has 0 rings (SSSR count). The fourth-order valence-electron chi connectivity index (χ4n) is 0. The molecule has 0 heterocycles. The van der Waals surface area contributed by atoms with Gasteiger partial charge in [-0.15, -0.1) is 0 Å². The van der Waals surface area contributed by atoms with Gasteiger partial charge >= 0.3 is 18.9 Å². The van der Waals surface area contributed by atoms with Gasteiger partial charge in [-0.05, 0) is 0 Å². The van der Waals surface area contributed by atoms with Gasteiger partial charge in [-0.2, -0.15) is 0 Å². The molecular formula is H3CoLiMnO2. The van der Waals surface area contributed by atoms with Crippen LogP contribution in [0.2, 0.25) is 0 Å². The van der Waals surface area contributed by atoms with E-state index in [1.807, 2.05) is 0 Å². The van der Waals surface area contributed by atoms with Gasteiger partial charge in [0.2, 0.25) is 0 Å². The Hall–Kier alpha value is 1.54. The van der Waals surface area contributed by atoms with Crippen LogP contribution in [0.1, 0.15) is 0 Å². The molecule has 0 saturated heterocycles. The molecule has 0 atom stereocenters. The van der Waals surface area contributed by atoms with E-state index in [2.05, 4.69) is 0 Å². The molecule has 5 heavy (non-hydrogen) atoms. The minimum atomic E-state index is 0. The molecule has 0 saturated carbocycles. The Morgan fingerprint density at radius 2 is 1.00 bits per heavy atom. The van der Waals surface area contributed by atoms with E-state index in [1.54, 1.807) is 0 Å². The summed E-state index contributed by atoms with van der Waals surface area (Å²) in [5.41, 5.74) is 0. The third kappa shape index (κ3) is 29.2. The zero-order chi connectivity index (χ0) is 2.00. The van der Waals surface area contributed by atoms with Crippen LogP contribution in [-0.4, -0.2) is 29.4 Å². The van der Waals surface area contributed by atoms with Crippen LogP contribution in [0.3, 0.4) is 0 Å². The van der Waals surface area contributed by atoms with Gasteiger partial charge in [-0.3, -0.25) is 10.5 Å². The van der Waals surface area contributed by atoms with Crippen molar-refractivity contribution in [3.05, 3.63) is 0 Å². The van der Waals surface area contributed by atoms with Crippen molar-refractivity contribution in [3.63, 3.8) is 0 Å². The Morgan fingerprint density at radius 3 is 1.00 bits per heavy atom. The van der Waals surface area contributed by atoms with E-state index in [9.17, 15) is 0 Å². The summed E-state index contributed by atoms with van der Waals surface area (Å²) >= 11 is 0. The van der Waals surface area contributed by atoms with Gasteiger partial charge in [0.05, 0.1) is 0 Å². The number of hydrogen-bond acceptors (Lipinski definition) is 2. The maximum Gasteiger partial charge on any atom is 0 e. The Balaban J connectivity index is -0.00000000167. The minimum absolute atomic E-state index is 0. The first-order valence-corrected chi connectivity index (χ1v) is 0.200. The summed E-state index contributed by atoms with van der Waals surface area (Å²) in [5.74, 6) is 0. The van der Waals surface area contributed by atoms with Gasteiger partial charge in [0.15, 0.2) is 0 Å². The van der Waals surface area contributed by atoms with Crippen molar-refractivity contribution in [2.75, 3.05) is 0 Å². The smallest absolute Gasteiger partial charge is 0 e. The molecule has 0 aromatic carbocycles. The monoisotopic (exact) mass is 156 g/mol. The molecular weight excluding hydrogens is 153 g/mol. The van der Waals surface area contributed by atoms with Crippen molar-refractivity contribution in [3.8, 4) is 0 Å². The average Bonchev–Trinajstić information content (AvgIpc) is 1.00. The average molecular weight is 156 g/mol. The summed E-state index contributed by atoms with van der Waals surface area (Å²) in [6.45, 7) is 0. The van der Waals surface area contributed by atoms with Gasteiger partial charge in [0.25, 0.3) is 0 Å². The Labute approximate surface area is 63.1 Å². The second-order valence-electron chi connectivity index (χ2n) is 0. The first kappa shape index (κ1) is 31.1. The molecule has 0 aliphatic heterocycles. The molecule has 0 unspecified atom stereocenters. The SMILES string of the molecule is OO.[Co].[LiH].[Mn]. The Bertz CT molecular complexity index is 9.61. The number of rotatable bonds is 0. The molecule has 32 valence electrons. The van der Waals surface area contributed by atoms with Crippen LogP contribution in [0, 0.1) is 0 Å². The van der Waals surface area contributed by atoms with Crippen molar-refractivity contribution in [2.24, 2.45) is 0 Å². The van der Waals surface area contributed by atoms with Crippen LogP contribution in [0.15, 0.2) is 0 Å². The molecule has 0 aromatic heterocycles. The Morgan fingerprint density at radius 1 is 1.00 bits per heavy atom. The zero-order valence-electron chi connectivity index (χ0n) is 1.61. The van der Waals surface area contributed by atoms with Crippen LogP contribution in [-0.2, 0) is 33.8 Å². The molecule has 0 aliphatic carbocycles. The van der Waals surface area contributed by atoms with Crippen molar-refractivity contribution >= 4 is 18.9 Å². The summed E-state index contributed by atoms with van der Waals surface area (Å²) < 4.78 is 0. The molecule has 0 fully saturated rings. The van der Waals surface area contributed by atoms with Crippen molar-refractivity contribution < 1.29 is 44.4 Å². The third-order valence-electron chi connectivity index (χ3n) is 0. The molecule has 0 amide bonds. The van der Waals surface area contributed by atoms with E-state index >= 15 is 0 Å². The van der Waals surface area contributed by atoms with Crippen LogP contribution < -0.4 is 0 Å². The topological polar surface area (TPSA) is 40.5 Å². The van der Waals surface area contributed by atoms with E-state index in [0.29, 0.717) is 0 Å². The first-order chi connectivity index (χ1) is 1.00.